The minimum Gasteiger partial charge on any atom is -0.311 e. The molecule has 0 aliphatic carbocycles. The molecule has 1 N–H and O–H groups in total. The molecule has 76 valence electrons. The fraction of sp³-hybridized carbons (Fsp3) is 0.455. The Kier molecular flexibility index (Phi) is 3.63. The number of nitrogens with zero attached hydrogens (tertiary/aromatic N) is 1. The van der Waals surface area contributed by atoms with Gasteiger partial charge in [0.25, 0.3) is 0 Å². The fourth-order valence-electron chi connectivity index (χ4n) is 1.05. The molecule has 1 aromatic heterocycles. The molecule has 0 spiro atoms. The van der Waals surface area contributed by atoms with Crippen LogP contribution in [0.1, 0.15) is 38.7 Å². The van der Waals surface area contributed by atoms with E-state index in [9.17, 15) is 4.79 Å². The summed E-state index contributed by atoms with van der Waals surface area (Å²) in [6, 6.07) is 3.83. The quantitative estimate of drug-likeness (QED) is 0.799. The number of pyridine rings is 1. The number of nitrogens with one attached hydrogen (secondary N) is 1. The van der Waals surface area contributed by atoms with Crippen molar-refractivity contribution in [1.82, 2.24) is 4.98 Å². The van der Waals surface area contributed by atoms with Gasteiger partial charge in [-0.1, -0.05) is 26.8 Å². The Labute approximate surface area is 84.6 Å². The summed E-state index contributed by atoms with van der Waals surface area (Å²) in [5.74, 6) is 1.09. The summed E-state index contributed by atoms with van der Waals surface area (Å²) in [7, 11) is 0. The van der Waals surface area contributed by atoms with Gasteiger partial charge in [0.1, 0.15) is 5.82 Å². The number of carbonyl (C=O) groups is 1. The van der Waals surface area contributed by atoms with E-state index in [4.69, 9.17) is 0 Å². The zero-order valence-electron chi connectivity index (χ0n) is 8.87. The molecule has 0 saturated carbocycles. The van der Waals surface area contributed by atoms with Crippen molar-refractivity contribution in [2.45, 2.75) is 33.1 Å². The lowest BCUT2D eigenvalue weighted by atomic mass is 10.1. The van der Waals surface area contributed by atoms with Gasteiger partial charge in [-0.15, -0.1) is 0 Å². The van der Waals surface area contributed by atoms with E-state index in [1.165, 1.54) is 5.56 Å². The maximum Gasteiger partial charge on any atom is 0.225 e. The van der Waals surface area contributed by atoms with Crippen LogP contribution in [0.25, 0.3) is 0 Å². The Morgan fingerprint density at radius 2 is 2.21 bits per heavy atom. The molecule has 3 nitrogen and oxygen atoms in total. The Hall–Kier alpha value is -1.38. The minimum atomic E-state index is -0.00482. The van der Waals surface area contributed by atoms with Crippen molar-refractivity contribution < 1.29 is 4.79 Å². The first kappa shape index (κ1) is 10.7. The summed E-state index contributed by atoms with van der Waals surface area (Å²) in [5, 5.41) is 2.71. The lowest BCUT2D eigenvalue weighted by Gasteiger charge is -2.06. The Morgan fingerprint density at radius 1 is 1.50 bits per heavy atom. The van der Waals surface area contributed by atoms with Crippen molar-refractivity contribution in [2.24, 2.45) is 0 Å². The molecule has 1 rings (SSSR count). The van der Waals surface area contributed by atoms with Crippen LogP contribution in [0.3, 0.4) is 0 Å². The summed E-state index contributed by atoms with van der Waals surface area (Å²) in [5.41, 5.74) is 1.18. The lowest BCUT2D eigenvalue weighted by Crippen LogP contribution is -2.10. The molecule has 0 bridgehead atoms. The molecule has 3 heteroatoms. The third-order valence-electron chi connectivity index (χ3n) is 2.04. The standard InChI is InChI=1S/C11H16N2O/c1-4-11(14)13-10-6-5-9(7-12-10)8(2)3/h5-8H,4H2,1-3H3,(H,12,13,14). The Bertz CT molecular complexity index is 304. The number of carbonyl (C=O) groups excluding carboxylic acids is 1. The first-order valence-corrected chi connectivity index (χ1v) is 4.89. The minimum absolute atomic E-state index is 0.00482. The summed E-state index contributed by atoms with van der Waals surface area (Å²) >= 11 is 0. The van der Waals surface area contributed by atoms with Crippen molar-refractivity contribution in [2.75, 3.05) is 5.32 Å². The average Bonchev–Trinajstić information content (AvgIpc) is 2.18. The molecular weight excluding hydrogens is 176 g/mol. The second kappa shape index (κ2) is 4.74. The molecule has 0 radical (unpaired) electrons. The van der Waals surface area contributed by atoms with Crippen LogP contribution in [-0.2, 0) is 4.79 Å². The molecule has 0 fully saturated rings. The van der Waals surface area contributed by atoms with Crippen LogP contribution in [0, 0.1) is 0 Å². The van der Waals surface area contributed by atoms with Gasteiger partial charge in [0.2, 0.25) is 5.91 Å². The first-order chi connectivity index (χ1) is 6.63. The van der Waals surface area contributed by atoms with Crippen LogP contribution in [0.5, 0.6) is 0 Å². The fourth-order valence-corrected chi connectivity index (χ4v) is 1.05. The van der Waals surface area contributed by atoms with Crippen LogP contribution in [-0.4, -0.2) is 10.9 Å². The normalized spacial score (nSPS) is 10.3. The zero-order valence-corrected chi connectivity index (χ0v) is 8.87. The summed E-state index contributed by atoms with van der Waals surface area (Å²) in [4.78, 5) is 15.2. The summed E-state index contributed by atoms with van der Waals surface area (Å²) < 4.78 is 0. The predicted octanol–water partition coefficient (Wildman–Crippen LogP) is 2.55. The highest BCUT2D eigenvalue weighted by Crippen LogP contribution is 2.14. The van der Waals surface area contributed by atoms with E-state index in [-0.39, 0.29) is 5.91 Å². The predicted molar refractivity (Wildman–Crippen MR) is 57.2 cm³/mol. The van der Waals surface area contributed by atoms with Gasteiger partial charge in [-0.2, -0.15) is 0 Å². The molecule has 1 heterocycles. The molecule has 1 aromatic rings. The van der Waals surface area contributed by atoms with E-state index >= 15 is 0 Å². The molecule has 0 unspecified atom stereocenters. The van der Waals surface area contributed by atoms with E-state index in [0.717, 1.165) is 0 Å². The van der Waals surface area contributed by atoms with Crippen molar-refractivity contribution in [3.8, 4) is 0 Å². The Balaban J connectivity index is 2.69. The van der Waals surface area contributed by atoms with E-state index in [0.29, 0.717) is 18.2 Å². The van der Waals surface area contributed by atoms with Gasteiger partial charge < -0.3 is 5.32 Å². The highest BCUT2D eigenvalue weighted by Gasteiger charge is 2.01. The lowest BCUT2D eigenvalue weighted by molar-refractivity contribution is -0.115. The van der Waals surface area contributed by atoms with Gasteiger partial charge in [0.05, 0.1) is 0 Å². The molecule has 1 amide bonds. The highest BCUT2D eigenvalue weighted by molar-refractivity contribution is 5.89. The second-order valence-corrected chi connectivity index (χ2v) is 3.53. The van der Waals surface area contributed by atoms with Crippen molar-refractivity contribution in [3.63, 3.8) is 0 Å². The SMILES string of the molecule is CCC(=O)Nc1ccc(C(C)C)cn1. The summed E-state index contributed by atoms with van der Waals surface area (Å²) in [6.07, 6.45) is 2.28. The number of rotatable bonds is 3. The first-order valence-electron chi connectivity index (χ1n) is 4.89. The third kappa shape index (κ3) is 2.83. The smallest absolute Gasteiger partial charge is 0.225 e. The molecular formula is C11H16N2O. The van der Waals surface area contributed by atoms with Gasteiger partial charge in [-0.25, -0.2) is 4.98 Å². The van der Waals surface area contributed by atoms with E-state index in [1.807, 2.05) is 19.1 Å². The average molecular weight is 192 g/mol. The zero-order chi connectivity index (χ0) is 10.6. The molecule has 0 saturated heterocycles. The number of hydrogen-bond acceptors (Lipinski definition) is 2. The number of anilines is 1. The largest absolute Gasteiger partial charge is 0.311 e. The van der Waals surface area contributed by atoms with E-state index < -0.39 is 0 Å². The van der Waals surface area contributed by atoms with Crippen molar-refractivity contribution >= 4 is 11.7 Å². The van der Waals surface area contributed by atoms with Crippen molar-refractivity contribution in [1.29, 1.82) is 0 Å². The third-order valence-corrected chi connectivity index (χ3v) is 2.04. The maximum absolute atomic E-state index is 11.0. The van der Waals surface area contributed by atoms with Crippen LogP contribution >= 0.6 is 0 Å². The molecule has 0 aromatic carbocycles. The topological polar surface area (TPSA) is 42.0 Å². The molecule has 14 heavy (non-hydrogen) atoms. The monoisotopic (exact) mass is 192 g/mol. The van der Waals surface area contributed by atoms with E-state index in [1.54, 1.807) is 6.20 Å². The second-order valence-electron chi connectivity index (χ2n) is 3.53. The number of aromatic nitrogens is 1. The molecule has 0 aliphatic heterocycles. The Morgan fingerprint density at radius 3 is 2.64 bits per heavy atom. The van der Waals surface area contributed by atoms with Gasteiger partial charge in [0.15, 0.2) is 0 Å². The number of amides is 1. The maximum atomic E-state index is 11.0. The molecule has 0 aliphatic rings. The van der Waals surface area contributed by atoms with Crippen molar-refractivity contribution in [3.05, 3.63) is 23.9 Å². The van der Waals surface area contributed by atoms with Crippen LogP contribution in [0.2, 0.25) is 0 Å². The van der Waals surface area contributed by atoms with Crippen LogP contribution in [0.15, 0.2) is 18.3 Å². The van der Waals surface area contributed by atoms with Gasteiger partial charge >= 0.3 is 0 Å². The van der Waals surface area contributed by atoms with Gasteiger partial charge in [-0.05, 0) is 17.5 Å². The van der Waals surface area contributed by atoms with Crippen LogP contribution < -0.4 is 5.32 Å². The van der Waals surface area contributed by atoms with Crippen LogP contribution in [0.4, 0.5) is 5.82 Å². The number of hydrogen-bond donors (Lipinski definition) is 1. The van der Waals surface area contributed by atoms with Gasteiger partial charge in [0, 0.05) is 12.6 Å². The van der Waals surface area contributed by atoms with Gasteiger partial charge in [-0.3, -0.25) is 4.79 Å². The summed E-state index contributed by atoms with van der Waals surface area (Å²) in [6.45, 7) is 6.04. The molecule has 0 atom stereocenters. The highest BCUT2D eigenvalue weighted by atomic mass is 16.1. The van der Waals surface area contributed by atoms with E-state index in [2.05, 4.69) is 24.1 Å².